The summed E-state index contributed by atoms with van der Waals surface area (Å²) >= 11 is 0. The number of carbonyl (C=O) groups excluding carboxylic acids is 1. The molecule has 0 fully saturated rings. The van der Waals surface area contributed by atoms with Crippen molar-refractivity contribution in [2.45, 2.75) is 4.90 Å². The molecule has 0 bridgehead atoms. The van der Waals surface area contributed by atoms with Crippen LogP contribution in [-0.2, 0) is 14.6 Å². The van der Waals surface area contributed by atoms with Gasteiger partial charge in [-0.2, -0.15) is 0 Å². The fourth-order valence-electron chi connectivity index (χ4n) is 1.40. The van der Waals surface area contributed by atoms with Crippen molar-refractivity contribution in [1.82, 2.24) is 0 Å². The van der Waals surface area contributed by atoms with E-state index in [0.717, 1.165) is 11.5 Å². The zero-order valence-electron chi connectivity index (χ0n) is 6.90. The van der Waals surface area contributed by atoms with E-state index in [2.05, 4.69) is 0 Å². The van der Waals surface area contributed by atoms with Crippen molar-refractivity contribution in [2.75, 3.05) is 0 Å². The third-order valence-corrected chi connectivity index (χ3v) is 3.50. The van der Waals surface area contributed by atoms with E-state index < -0.39 is 15.7 Å². The average molecular weight is 212 g/mol. The minimum Gasteiger partial charge on any atom is -0.298 e. The van der Waals surface area contributed by atoms with E-state index in [1.165, 1.54) is 12.1 Å². The number of halogens is 1. The highest BCUT2D eigenvalue weighted by atomic mass is 32.2. The van der Waals surface area contributed by atoms with Crippen molar-refractivity contribution < 1.29 is 17.6 Å². The molecule has 5 heteroatoms. The average Bonchev–Trinajstić information content (AvgIpc) is 2.40. The molecule has 0 aliphatic carbocycles. The molecule has 0 aromatic heterocycles. The lowest BCUT2D eigenvalue weighted by atomic mass is 10.1. The van der Waals surface area contributed by atoms with Gasteiger partial charge in [0.25, 0.3) is 0 Å². The van der Waals surface area contributed by atoms with E-state index in [1.54, 1.807) is 0 Å². The molecule has 0 saturated heterocycles. The van der Waals surface area contributed by atoms with Gasteiger partial charge in [-0.05, 0) is 12.1 Å². The largest absolute Gasteiger partial charge is 0.298 e. The molecule has 0 spiro atoms. The van der Waals surface area contributed by atoms with Crippen molar-refractivity contribution >= 4 is 21.7 Å². The van der Waals surface area contributed by atoms with Gasteiger partial charge < -0.3 is 0 Å². The number of hydrogen-bond donors (Lipinski definition) is 0. The number of carbonyl (C=O) groups is 1. The Morgan fingerprint density at radius 3 is 2.64 bits per heavy atom. The highest BCUT2D eigenvalue weighted by Crippen LogP contribution is 2.33. The number of aldehydes is 1. The lowest BCUT2D eigenvalue weighted by molar-refractivity contribution is -0.103. The number of hydrogen-bond acceptors (Lipinski definition) is 3. The predicted molar refractivity (Wildman–Crippen MR) is 47.6 cm³/mol. The Morgan fingerprint density at radius 1 is 1.29 bits per heavy atom. The number of rotatable bonds is 1. The quantitative estimate of drug-likeness (QED) is 0.656. The van der Waals surface area contributed by atoms with Gasteiger partial charge in [0.05, 0.1) is 4.90 Å². The van der Waals surface area contributed by atoms with E-state index in [1.807, 2.05) is 0 Å². The molecule has 1 aliphatic rings. The smallest absolute Gasteiger partial charge is 0.201 e. The molecule has 1 aliphatic heterocycles. The molecule has 1 aromatic rings. The van der Waals surface area contributed by atoms with Crippen LogP contribution < -0.4 is 0 Å². The molecule has 0 atom stereocenters. The Balaban J connectivity index is 2.89. The van der Waals surface area contributed by atoms with Crippen LogP contribution in [0.3, 0.4) is 0 Å². The third-order valence-electron chi connectivity index (χ3n) is 1.98. The summed E-state index contributed by atoms with van der Waals surface area (Å²) in [6, 6.07) is 3.70. The first-order valence-corrected chi connectivity index (χ1v) is 5.32. The van der Waals surface area contributed by atoms with Crippen LogP contribution in [-0.4, -0.2) is 14.7 Å². The fraction of sp³-hybridized carbons (Fsp3) is 0. The van der Waals surface area contributed by atoms with Crippen LogP contribution in [0.1, 0.15) is 5.56 Å². The van der Waals surface area contributed by atoms with E-state index >= 15 is 0 Å². The molecule has 3 nitrogen and oxygen atoms in total. The maximum atomic E-state index is 13.2. The van der Waals surface area contributed by atoms with Gasteiger partial charge in [-0.3, -0.25) is 4.79 Å². The monoisotopic (exact) mass is 212 g/mol. The fourth-order valence-corrected chi connectivity index (χ4v) is 2.80. The first-order valence-electron chi connectivity index (χ1n) is 3.77. The molecule has 1 aromatic carbocycles. The van der Waals surface area contributed by atoms with Gasteiger partial charge in [0.15, 0.2) is 6.29 Å². The lowest BCUT2D eigenvalue weighted by Crippen LogP contribution is -1.95. The second-order valence-electron chi connectivity index (χ2n) is 2.85. The molecule has 1 heterocycles. The van der Waals surface area contributed by atoms with Gasteiger partial charge in [0.1, 0.15) is 5.82 Å². The number of allylic oxidation sites excluding steroid dienone is 1. The SMILES string of the molecule is O=CC1=CS(=O)(=O)c2cccc(F)c21. The molecular formula is C9H5FO3S. The summed E-state index contributed by atoms with van der Waals surface area (Å²) in [4.78, 5) is 10.4. The number of benzene rings is 1. The second kappa shape index (κ2) is 2.75. The van der Waals surface area contributed by atoms with Crippen LogP contribution in [0.15, 0.2) is 28.5 Å². The standard InChI is InChI=1S/C9H5FO3S/c10-7-2-1-3-8-9(7)6(4-11)5-14(8,12)13/h1-5H. The van der Waals surface area contributed by atoms with Gasteiger partial charge in [0.2, 0.25) is 9.84 Å². The van der Waals surface area contributed by atoms with Gasteiger partial charge in [0, 0.05) is 16.5 Å². The molecule has 2 rings (SSSR count). The summed E-state index contributed by atoms with van der Waals surface area (Å²) in [5.74, 6) is -0.693. The van der Waals surface area contributed by atoms with Crippen molar-refractivity contribution in [2.24, 2.45) is 0 Å². The van der Waals surface area contributed by atoms with Gasteiger partial charge in [-0.15, -0.1) is 0 Å². The maximum Gasteiger partial charge on any atom is 0.201 e. The lowest BCUT2D eigenvalue weighted by Gasteiger charge is -1.99. The molecule has 0 radical (unpaired) electrons. The maximum absolute atomic E-state index is 13.2. The zero-order chi connectivity index (χ0) is 10.3. The van der Waals surface area contributed by atoms with Crippen LogP contribution in [0.5, 0.6) is 0 Å². The summed E-state index contributed by atoms with van der Waals surface area (Å²) in [7, 11) is -3.62. The van der Waals surface area contributed by atoms with E-state index in [9.17, 15) is 17.6 Å². The van der Waals surface area contributed by atoms with Crippen LogP contribution in [0, 0.1) is 5.82 Å². The topological polar surface area (TPSA) is 51.2 Å². The summed E-state index contributed by atoms with van der Waals surface area (Å²) in [6.07, 6.45) is 0.340. The Hall–Kier alpha value is -1.49. The van der Waals surface area contributed by atoms with E-state index in [-0.39, 0.29) is 16.0 Å². The first kappa shape index (κ1) is 9.08. The molecule has 0 amide bonds. The highest BCUT2D eigenvalue weighted by molar-refractivity contribution is 7.95. The Kier molecular flexibility index (Phi) is 1.78. The Morgan fingerprint density at radius 2 is 2.00 bits per heavy atom. The highest BCUT2D eigenvalue weighted by Gasteiger charge is 2.28. The summed E-state index contributed by atoms with van der Waals surface area (Å²) in [6.45, 7) is 0. The molecule has 14 heavy (non-hydrogen) atoms. The Bertz CT molecular complexity index is 543. The van der Waals surface area contributed by atoms with Crippen LogP contribution >= 0.6 is 0 Å². The van der Waals surface area contributed by atoms with Gasteiger partial charge in [-0.1, -0.05) is 6.07 Å². The minimum absolute atomic E-state index is 0.123. The van der Waals surface area contributed by atoms with Gasteiger partial charge >= 0.3 is 0 Å². The number of sulfone groups is 1. The summed E-state index contributed by atoms with van der Waals surface area (Å²) < 4.78 is 36.0. The predicted octanol–water partition coefficient (Wildman–Crippen LogP) is 1.15. The van der Waals surface area contributed by atoms with E-state index in [0.29, 0.717) is 6.29 Å². The van der Waals surface area contributed by atoms with E-state index in [4.69, 9.17) is 0 Å². The van der Waals surface area contributed by atoms with Crippen molar-refractivity contribution in [3.05, 3.63) is 35.0 Å². The normalized spacial score (nSPS) is 17.4. The number of fused-ring (bicyclic) bond motifs is 1. The van der Waals surface area contributed by atoms with Crippen molar-refractivity contribution in [3.8, 4) is 0 Å². The van der Waals surface area contributed by atoms with Crippen molar-refractivity contribution in [1.29, 1.82) is 0 Å². The Labute approximate surface area is 79.8 Å². The van der Waals surface area contributed by atoms with Crippen LogP contribution in [0.4, 0.5) is 4.39 Å². The van der Waals surface area contributed by atoms with Gasteiger partial charge in [-0.25, -0.2) is 12.8 Å². The summed E-state index contributed by atoms with van der Waals surface area (Å²) in [5, 5.41) is 0.785. The first-order chi connectivity index (χ1) is 6.56. The minimum atomic E-state index is -3.62. The van der Waals surface area contributed by atoms with Crippen LogP contribution in [0.2, 0.25) is 0 Å². The molecule has 0 unspecified atom stereocenters. The third kappa shape index (κ3) is 1.09. The second-order valence-corrected chi connectivity index (χ2v) is 4.61. The molecule has 72 valence electrons. The van der Waals surface area contributed by atoms with Crippen molar-refractivity contribution in [3.63, 3.8) is 0 Å². The zero-order valence-corrected chi connectivity index (χ0v) is 7.71. The molecule has 0 saturated carbocycles. The van der Waals surface area contributed by atoms with Crippen LogP contribution in [0.25, 0.3) is 5.57 Å². The summed E-state index contributed by atoms with van der Waals surface area (Å²) in [5.41, 5.74) is -0.249. The molecular weight excluding hydrogens is 207 g/mol. The molecule has 0 N–H and O–H groups in total.